The van der Waals surface area contributed by atoms with E-state index in [4.69, 9.17) is 15.9 Å². The highest BCUT2D eigenvalue weighted by Crippen LogP contribution is 2.30. The Hall–Kier alpha value is -3.66. The summed E-state index contributed by atoms with van der Waals surface area (Å²) in [6.07, 6.45) is 5.38. The first-order valence-corrected chi connectivity index (χ1v) is 9.32. The molecule has 0 atom stereocenters. The molecule has 0 saturated heterocycles. The third-order valence-electron chi connectivity index (χ3n) is 3.76. The van der Waals surface area contributed by atoms with Gasteiger partial charge in [-0.25, -0.2) is 4.99 Å². The van der Waals surface area contributed by atoms with Crippen molar-refractivity contribution in [3.05, 3.63) is 48.0 Å². The summed E-state index contributed by atoms with van der Waals surface area (Å²) in [4.78, 5) is 16.6. The summed E-state index contributed by atoms with van der Waals surface area (Å²) in [7, 11) is 1.59. The third kappa shape index (κ3) is 6.78. The number of hydrogen-bond acceptors (Lipinski definition) is 4. The minimum absolute atomic E-state index is 0.0515. The molecule has 2 aromatic rings. The largest absolute Gasteiger partial charge is 0.493 e. The molecule has 7 heteroatoms. The van der Waals surface area contributed by atoms with E-state index in [1.807, 2.05) is 32.0 Å². The summed E-state index contributed by atoms with van der Waals surface area (Å²) in [6, 6.07) is 12.6. The minimum atomic E-state index is -0.249. The van der Waals surface area contributed by atoms with Gasteiger partial charge >= 0.3 is 0 Å². The first kappa shape index (κ1) is 21.6. The number of rotatable bonds is 8. The predicted octanol–water partition coefficient (Wildman–Crippen LogP) is 3.09. The molecule has 0 unspecified atom stereocenters. The third-order valence-corrected chi connectivity index (χ3v) is 3.76. The summed E-state index contributed by atoms with van der Waals surface area (Å²) >= 11 is 0. The molecule has 0 radical (unpaired) electrons. The topological polar surface area (TPSA) is 84.0 Å². The Morgan fingerprint density at radius 3 is 2.59 bits per heavy atom. The van der Waals surface area contributed by atoms with E-state index in [-0.39, 0.29) is 12.5 Å². The van der Waals surface area contributed by atoms with Gasteiger partial charge in [-0.1, -0.05) is 12.0 Å². The number of carbonyl (C=O) groups is 1. The molecule has 0 heterocycles. The lowest BCUT2D eigenvalue weighted by molar-refractivity contribution is -0.114. The van der Waals surface area contributed by atoms with E-state index in [0.717, 1.165) is 5.69 Å². The van der Waals surface area contributed by atoms with Gasteiger partial charge in [0, 0.05) is 29.5 Å². The zero-order valence-corrected chi connectivity index (χ0v) is 16.9. The molecular formula is C22H26N4O3. The van der Waals surface area contributed by atoms with Crippen LogP contribution < -0.4 is 25.4 Å². The van der Waals surface area contributed by atoms with Crippen molar-refractivity contribution < 1.29 is 14.3 Å². The van der Waals surface area contributed by atoms with E-state index >= 15 is 0 Å². The molecule has 29 heavy (non-hydrogen) atoms. The number of aliphatic imine (C=N–C) groups is 1. The molecule has 0 fully saturated rings. The van der Waals surface area contributed by atoms with Crippen LogP contribution in [0.3, 0.4) is 0 Å². The van der Waals surface area contributed by atoms with Crippen molar-refractivity contribution in [2.75, 3.05) is 37.4 Å². The van der Waals surface area contributed by atoms with Crippen molar-refractivity contribution in [2.24, 2.45) is 4.99 Å². The van der Waals surface area contributed by atoms with E-state index in [1.54, 1.807) is 31.4 Å². The number of carbonyl (C=O) groups excluding carboxylic acids is 1. The molecule has 152 valence electrons. The number of nitrogens with one attached hydrogen (secondary N) is 3. The van der Waals surface area contributed by atoms with Gasteiger partial charge in [0.2, 0.25) is 5.91 Å². The molecule has 0 aromatic heterocycles. The van der Waals surface area contributed by atoms with E-state index in [0.29, 0.717) is 41.9 Å². The van der Waals surface area contributed by atoms with Crippen LogP contribution in [0.5, 0.6) is 11.5 Å². The summed E-state index contributed by atoms with van der Waals surface area (Å²) in [6.45, 7) is 4.97. The van der Waals surface area contributed by atoms with Crippen LogP contribution in [0.15, 0.2) is 47.5 Å². The smallest absolute Gasteiger partial charge is 0.246 e. The number of methoxy groups -OCH3 is 1. The number of ether oxygens (including phenoxy) is 2. The Morgan fingerprint density at radius 2 is 1.90 bits per heavy atom. The maximum atomic E-state index is 12.2. The zero-order valence-electron chi connectivity index (χ0n) is 16.9. The van der Waals surface area contributed by atoms with Gasteiger partial charge in [-0.2, -0.15) is 0 Å². The zero-order chi connectivity index (χ0) is 21.1. The van der Waals surface area contributed by atoms with Gasteiger partial charge in [0.15, 0.2) is 17.5 Å². The predicted molar refractivity (Wildman–Crippen MR) is 117 cm³/mol. The lowest BCUT2D eigenvalue weighted by Gasteiger charge is -2.14. The maximum Gasteiger partial charge on any atom is 0.246 e. The van der Waals surface area contributed by atoms with Crippen LogP contribution in [0, 0.1) is 12.3 Å². The second-order valence-corrected chi connectivity index (χ2v) is 5.89. The van der Waals surface area contributed by atoms with Gasteiger partial charge in [-0.05, 0) is 44.2 Å². The van der Waals surface area contributed by atoms with Crippen LogP contribution in [0.25, 0.3) is 0 Å². The van der Waals surface area contributed by atoms with Gasteiger partial charge < -0.3 is 25.4 Å². The summed E-state index contributed by atoms with van der Waals surface area (Å²) in [5, 5.41) is 9.06. The first-order chi connectivity index (χ1) is 14.1. The Bertz CT molecular complexity index is 903. The van der Waals surface area contributed by atoms with Crippen LogP contribution in [-0.4, -0.2) is 38.7 Å². The normalized spacial score (nSPS) is 10.6. The van der Waals surface area contributed by atoms with Crippen molar-refractivity contribution in [3.8, 4) is 23.8 Å². The SMILES string of the molecule is C#Cc1cccc(NC(=O)CN=C(NCC)Nc2ccc(OC)c(OCC)c2)c1. The van der Waals surface area contributed by atoms with Gasteiger partial charge in [0.05, 0.1) is 13.7 Å². The lowest BCUT2D eigenvalue weighted by Crippen LogP contribution is -2.31. The van der Waals surface area contributed by atoms with Crippen LogP contribution in [0.4, 0.5) is 11.4 Å². The summed E-state index contributed by atoms with van der Waals surface area (Å²) < 4.78 is 10.9. The second-order valence-electron chi connectivity index (χ2n) is 5.89. The standard InChI is InChI=1S/C22H26N4O3/c1-5-16-9-8-10-17(13-16)25-21(27)15-24-22(23-6-2)26-18-11-12-19(28-4)20(14-18)29-7-3/h1,8-14H,6-7,15H2,2-4H3,(H,25,27)(H2,23,24,26). The molecule has 3 N–H and O–H groups in total. The van der Waals surface area contributed by atoms with Crippen LogP contribution >= 0.6 is 0 Å². The monoisotopic (exact) mass is 394 g/mol. The Balaban J connectivity index is 2.06. The van der Waals surface area contributed by atoms with E-state index in [1.165, 1.54) is 0 Å². The average Bonchev–Trinajstić information content (AvgIpc) is 2.73. The minimum Gasteiger partial charge on any atom is -0.493 e. The van der Waals surface area contributed by atoms with E-state index in [2.05, 4.69) is 26.9 Å². The molecule has 0 aliphatic carbocycles. The molecule has 0 aliphatic rings. The molecule has 2 rings (SSSR count). The molecule has 0 spiro atoms. The molecule has 0 aliphatic heterocycles. The van der Waals surface area contributed by atoms with Crippen LogP contribution in [0.2, 0.25) is 0 Å². The fraction of sp³-hybridized carbons (Fsp3) is 0.273. The molecule has 0 bridgehead atoms. The fourth-order valence-corrected chi connectivity index (χ4v) is 2.50. The lowest BCUT2D eigenvalue weighted by atomic mass is 10.2. The van der Waals surface area contributed by atoms with Crippen LogP contribution in [0.1, 0.15) is 19.4 Å². The first-order valence-electron chi connectivity index (χ1n) is 9.32. The summed E-state index contributed by atoms with van der Waals surface area (Å²) in [5.41, 5.74) is 2.09. The van der Waals surface area contributed by atoms with Crippen molar-refractivity contribution in [3.63, 3.8) is 0 Å². The molecule has 1 amide bonds. The van der Waals surface area contributed by atoms with Crippen molar-refractivity contribution >= 4 is 23.2 Å². The van der Waals surface area contributed by atoms with E-state index < -0.39 is 0 Å². The Labute approximate surface area is 171 Å². The van der Waals surface area contributed by atoms with Crippen LogP contribution in [-0.2, 0) is 4.79 Å². The maximum absolute atomic E-state index is 12.2. The summed E-state index contributed by atoms with van der Waals surface area (Å²) in [5.74, 6) is 4.04. The van der Waals surface area contributed by atoms with Gasteiger partial charge in [-0.15, -0.1) is 6.42 Å². The highest BCUT2D eigenvalue weighted by atomic mass is 16.5. The van der Waals surface area contributed by atoms with Crippen molar-refractivity contribution in [1.82, 2.24) is 5.32 Å². The number of terminal acetylenes is 1. The number of hydrogen-bond donors (Lipinski definition) is 3. The molecular weight excluding hydrogens is 368 g/mol. The van der Waals surface area contributed by atoms with Crippen molar-refractivity contribution in [1.29, 1.82) is 0 Å². The number of amides is 1. The molecule has 2 aromatic carbocycles. The van der Waals surface area contributed by atoms with Gasteiger partial charge in [0.1, 0.15) is 6.54 Å². The molecule has 7 nitrogen and oxygen atoms in total. The van der Waals surface area contributed by atoms with E-state index in [9.17, 15) is 4.79 Å². The fourth-order valence-electron chi connectivity index (χ4n) is 2.50. The van der Waals surface area contributed by atoms with Crippen molar-refractivity contribution in [2.45, 2.75) is 13.8 Å². The average molecular weight is 394 g/mol. The number of benzene rings is 2. The highest BCUT2D eigenvalue weighted by Gasteiger charge is 2.08. The number of nitrogens with zero attached hydrogens (tertiary/aromatic N) is 1. The highest BCUT2D eigenvalue weighted by molar-refractivity contribution is 5.98. The quantitative estimate of drug-likeness (QED) is 0.364. The van der Waals surface area contributed by atoms with Gasteiger partial charge in [-0.3, -0.25) is 4.79 Å². The van der Waals surface area contributed by atoms with Gasteiger partial charge in [0.25, 0.3) is 0 Å². The molecule has 0 saturated carbocycles. The number of anilines is 2. The Morgan fingerprint density at radius 1 is 1.10 bits per heavy atom. The Kier molecular flexibility index (Phi) is 8.39. The second kappa shape index (κ2) is 11.2. The number of guanidine groups is 1.